The van der Waals surface area contributed by atoms with E-state index >= 15 is 0 Å². The van der Waals surface area contributed by atoms with Gasteiger partial charge in [-0.15, -0.1) is 0 Å². The van der Waals surface area contributed by atoms with Crippen LogP contribution >= 0.6 is 0 Å². The second kappa shape index (κ2) is 6.64. The molecule has 0 radical (unpaired) electrons. The first-order chi connectivity index (χ1) is 12.9. The Balaban J connectivity index is 1.57. The lowest BCUT2D eigenvalue weighted by atomic mass is 9.81. The third kappa shape index (κ3) is 3.20. The standard InChI is InChI=1S/C20H27N5O2/c1-14(26)22-20-12-24(9-8-16(20)10-25(13-20)15(2)27)11-19-21-17-6-4-5-7-18(17)23(19)3/h4-7,16H,8-13H2,1-3H3,(H,22,26)/t16-,20-/m1/s1. The average Bonchev–Trinajstić information content (AvgIpc) is 3.13. The molecule has 7 nitrogen and oxygen atoms in total. The van der Waals surface area contributed by atoms with Gasteiger partial charge in [-0.1, -0.05) is 12.1 Å². The highest BCUT2D eigenvalue weighted by Gasteiger charge is 2.51. The predicted octanol–water partition coefficient (Wildman–Crippen LogP) is 1.13. The number of benzene rings is 1. The number of para-hydroxylation sites is 2. The van der Waals surface area contributed by atoms with Crippen molar-refractivity contribution in [1.82, 2.24) is 24.7 Å². The van der Waals surface area contributed by atoms with Crippen molar-refractivity contribution < 1.29 is 9.59 Å². The number of aromatic nitrogens is 2. The Morgan fingerprint density at radius 3 is 2.74 bits per heavy atom. The minimum Gasteiger partial charge on any atom is -0.347 e. The molecule has 27 heavy (non-hydrogen) atoms. The van der Waals surface area contributed by atoms with Crippen LogP contribution in [0.15, 0.2) is 24.3 Å². The zero-order chi connectivity index (χ0) is 19.2. The van der Waals surface area contributed by atoms with Gasteiger partial charge in [-0.05, 0) is 25.1 Å². The maximum atomic E-state index is 11.9. The summed E-state index contributed by atoms with van der Waals surface area (Å²) in [5.41, 5.74) is 1.77. The van der Waals surface area contributed by atoms with Gasteiger partial charge in [-0.25, -0.2) is 4.98 Å². The molecular weight excluding hydrogens is 342 g/mol. The maximum Gasteiger partial charge on any atom is 0.219 e. The number of nitrogens with one attached hydrogen (secondary N) is 1. The molecule has 4 rings (SSSR count). The Kier molecular flexibility index (Phi) is 4.42. The molecule has 1 aromatic carbocycles. The SMILES string of the molecule is CC(=O)N[C@@]12CN(Cc3nc4ccccc4n3C)CC[C@@H]1CN(C(C)=O)C2. The Hall–Kier alpha value is -2.41. The van der Waals surface area contributed by atoms with E-state index in [-0.39, 0.29) is 17.4 Å². The number of hydrogen-bond acceptors (Lipinski definition) is 4. The molecule has 0 aliphatic carbocycles. The minimum absolute atomic E-state index is 0.0324. The van der Waals surface area contributed by atoms with Crippen molar-refractivity contribution >= 4 is 22.8 Å². The van der Waals surface area contributed by atoms with E-state index in [1.54, 1.807) is 13.8 Å². The first-order valence-corrected chi connectivity index (χ1v) is 9.55. The fourth-order valence-electron chi connectivity index (χ4n) is 4.78. The quantitative estimate of drug-likeness (QED) is 0.881. The van der Waals surface area contributed by atoms with Gasteiger partial charge >= 0.3 is 0 Å². The van der Waals surface area contributed by atoms with E-state index in [0.717, 1.165) is 49.5 Å². The molecule has 1 aromatic heterocycles. The minimum atomic E-state index is -0.361. The summed E-state index contributed by atoms with van der Waals surface area (Å²) in [6.45, 7) is 6.91. The highest BCUT2D eigenvalue weighted by molar-refractivity contribution is 5.77. The topological polar surface area (TPSA) is 70.5 Å². The summed E-state index contributed by atoms with van der Waals surface area (Å²) in [6.07, 6.45) is 0.966. The number of piperidine rings is 1. The van der Waals surface area contributed by atoms with Gasteiger partial charge in [0.15, 0.2) is 0 Å². The van der Waals surface area contributed by atoms with Crippen LogP contribution in [-0.4, -0.2) is 62.9 Å². The summed E-state index contributed by atoms with van der Waals surface area (Å²) >= 11 is 0. The smallest absolute Gasteiger partial charge is 0.219 e. The van der Waals surface area contributed by atoms with Gasteiger partial charge in [0.25, 0.3) is 0 Å². The number of nitrogens with zero attached hydrogens (tertiary/aromatic N) is 4. The summed E-state index contributed by atoms with van der Waals surface area (Å²) in [4.78, 5) is 32.9. The zero-order valence-corrected chi connectivity index (χ0v) is 16.2. The van der Waals surface area contributed by atoms with Crippen molar-refractivity contribution in [2.24, 2.45) is 13.0 Å². The van der Waals surface area contributed by atoms with E-state index < -0.39 is 0 Å². The maximum absolute atomic E-state index is 11.9. The molecular formula is C20H27N5O2. The fourth-order valence-corrected chi connectivity index (χ4v) is 4.78. The lowest BCUT2D eigenvalue weighted by Gasteiger charge is -2.44. The van der Waals surface area contributed by atoms with Crippen LogP contribution in [-0.2, 0) is 23.2 Å². The molecule has 1 N–H and O–H groups in total. The molecule has 2 fully saturated rings. The van der Waals surface area contributed by atoms with Crippen LogP contribution in [0.1, 0.15) is 26.1 Å². The number of rotatable bonds is 3. The summed E-state index contributed by atoms with van der Waals surface area (Å²) in [6, 6.07) is 8.15. The monoisotopic (exact) mass is 369 g/mol. The summed E-state index contributed by atoms with van der Waals surface area (Å²) in [5.74, 6) is 1.38. The number of carbonyl (C=O) groups excluding carboxylic acids is 2. The van der Waals surface area contributed by atoms with E-state index in [9.17, 15) is 9.59 Å². The Morgan fingerprint density at radius 1 is 1.26 bits per heavy atom. The number of likely N-dealkylation sites (tertiary alicyclic amines) is 2. The highest BCUT2D eigenvalue weighted by Crippen LogP contribution is 2.35. The van der Waals surface area contributed by atoms with Gasteiger partial charge in [0.1, 0.15) is 5.82 Å². The predicted molar refractivity (Wildman–Crippen MR) is 103 cm³/mol. The van der Waals surface area contributed by atoms with Crippen LogP contribution in [0.3, 0.4) is 0 Å². The first kappa shape index (κ1) is 18.0. The first-order valence-electron chi connectivity index (χ1n) is 9.55. The Labute approximate surface area is 159 Å². The van der Waals surface area contributed by atoms with Crippen LogP contribution in [0.25, 0.3) is 11.0 Å². The highest BCUT2D eigenvalue weighted by atomic mass is 16.2. The number of carbonyl (C=O) groups is 2. The number of hydrogen-bond donors (Lipinski definition) is 1. The van der Waals surface area contributed by atoms with Crippen molar-refractivity contribution in [3.05, 3.63) is 30.1 Å². The summed E-state index contributed by atoms with van der Waals surface area (Å²) in [7, 11) is 2.05. The molecule has 2 aliphatic rings. The molecule has 2 atom stereocenters. The summed E-state index contributed by atoms with van der Waals surface area (Å²) < 4.78 is 2.14. The van der Waals surface area contributed by atoms with E-state index in [1.807, 2.05) is 30.1 Å². The van der Waals surface area contributed by atoms with Crippen molar-refractivity contribution in [3.8, 4) is 0 Å². The number of fused-ring (bicyclic) bond motifs is 2. The van der Waals surface area contributed by atoms with Crippen LogP contribution in [0.5, 0.6) is 0 Å². The molecule has 3 heterocycles. The summed E-state index contributed by atoms with van der Waals surface area (Å²) in [5, 5.41) is 3.20. The third-order valence-electron chi connectivity index (χ3n) is 6.11. The third-order valence-corrected chi connectivity index (χ3v) is 6.11. The fraction of sp³-hybridized carbons (Fsp3) is 0.550. The molecule has 0 spiro atoms. The Bertz CT molecular complexity index is 892. The molecule has 2 saturated heterocycles. The van der Waals surface area contributed by atoms with E-state index in [2.05, 4.69) is 20.9 Å². The van der Waals surface area contributed by atoms with Crippen molar-refractivity contribution in [1.29, 1.82) is 0 Å². The van der Waals surface area contributed by atoms with Gasteiger partial charge in [0.2, 0.25) is 11.8 Å². The van der Waals surface area contributed by atoms with Gasteiger partial charge in [-0.3, -0.25) is 14.5 Å². The number of imidazole rings is 1. The molecule has 0 saturated carbocycles. The molecule has 7 heteroatoms. The van der Waals surface area contributed by atoms with Crippen LogP contribution < -0.4 is 5.32 Å². The van der Waals surface area contributed by atoms with Gasteiger partial charge < -0.3 is 14.8 Å². The largest absolute Gasteiger partial charge is 0.347 e. The van der Waals surface area contributed by atoms with Crippen LogP contribution in [0, 0.1) is 5.92 Å². The van der Waals surface area contributed by atoms with Gasteiger partial charge in [0, 0.05) is 46.4 Å². The molecule has 0 bridgehead atoms. The van der Waals surface area contributed by atoms with Crippen LogP contribution in [0.2, 0.25) is 0 Å². The second-order valence-corrected chi connectivity index (χ2v) is 8.01. The lowest BCUT2D eigenvalue weighted by Crippen LogP contribution is -2.63. The van der Waals surface area contributed by atoms with Crippen LogP contribution in [0.4, 0.5) is 0 Å². The Morgan fingerprint density at radius 2 is 2.04 bits per heavy atom. The van der Waals surface area contributed by atoms with E-state index in [4.69, 9.17) is 4.98 Å². The lowest BCUT2D eigenvalue weighted by molar-refractivity contribution is -0.128. The van der Waals surface area contributed by atoms with E-state index in [1.165, 1.54) is 0 Å². The van der Waals surface area contributed by atoms with Gasteiger partial charge in [0.05, 0.1) is 23.1 Å². The number of aryl methyl sites for hydroxylation is 1. The van der Waals surface area contributed by atoms with E-state index in [0.29, 0.717) is 12.5 Å². The molecule has 2 aromatic rings. The number of amides is 2. The van der Waals surface area contributed by atoms with Gasteiger partial charge in [-0.2, -0.15) is 0 Å². The van der Waals surface area contributed by atoms with Crippen molar-refractivity contribution in [2.45, 2.75) is 32.4 Å². The zero-order valence-electron chi connectivity index (χ0n) is 16.2. The molecule has 2 amide bonds. The molecule has 0 unspecified atom stereocenters. The van der Waals surface area contributed by atoms with Crippen molar-refractivity contribution in [3.63, 3.8) is 0 Å². The molecule has 144 valence electrons. The normalized spacial score (nSPS) is 25.6. The molecule has 2 aliphatic heterocycles. The second-order valence-electron chi connectivity index (χ2n) is 8.01. The average molecular weight is 369 g/mol. The van der Waals surface area contributed by atoms with Crippen molar-refractivity contribution in [2.75, 3.05) is 26.2 Å².